The number of amides is 1. The van der Waals surface area contributed by atoms with Crippen molar-refractivity contribution in [2.24, 2.45) is 0 Å². The van der Waals surface area contributed by atoms with Gasteiger partial charge in [0.25, 0.3) is 0 Å². The van der Waals surface area contributed by atoms with Gasteiger partial charge in [-0.1, -0.05) is 29.8 Å². The van der Waals surface area contributed by atoms with Crippen LogP contribution in [0.1, 0.15) is 30.4 Å². The zero-order chi connectivity index (χ0) is 18.6. The van der Waals surface area contributed by atoms with Gasteiger partial charge in [0.05, 0.1) is 14.2 Å². The summed E-state index contributed by atoms with van der Waals surface area (Å²) in [4.78, 5) is 12.3. The summed E-state index contributed by atoms with van der Waals surface area (Å²) in [5, 5.41) is 3.83. The Hall–Kier alpha value is -2.20. The molecule has 0 aromatic heterocycles. The molecular weight excluding hydrogens is 350 g/mol. The van der Waals surface area contributed by atoms with Crippen molar-refractivity contribution >= 4 is 17.5 Å². The van der Waals surface area contributed by atoms with E-state index in [0.717, 1.165) is 23.4 Å². The van der Waals surface area contributed by atoms with Crippen molar-refractivity contribution in [1.82, 2.24) is 5.32 Å². The Morgan fingerprint density at radius 1 is 1.08 bits per heavy atom. The van der Waals surface area contributed by atoms with Crippen LogP contribution < -0.4 is 14.8 Å². The molecule has 0 spiro atoms. The van der Waals surface area contributed by atoms with Gasteiger partial charge in [0.2, 0.25) is 5.91 Å². The maximum atomic E-state index is 12.3. The predicted octanol–water partition coefficient (Wildman–Crippen LogP) is 4.14. The first-order valence-corrected chi connectivity index (χ1v) is 9.18. The number of aryl methyl sites for hydroxylation is 1. The number of halogens is 1. The van der Waals surface area contributed by atoms with E-state index in [4.69, 9.17) is 21.1 Å². The predicted molar refractivity (Wildman–Crippen MR) is 103 cm³/mol. The molecule has 1 fully saturated rings. The highest BCUT2D eigenvalue weighted by Gasteiger charge is 2.44. The molecule has 26 heavy (non-hydrogen) atoms. The highest BCUT2D eigenvalue weighted by atomic mass is 35.5. The van der Waals surface area contributed by atoms with Crippen molar-refractivity contribution < 1.29 is 14.3 Å². The lowest BCUT2D eigenvalue weighted by Gasteiger charge is -2.17. The Balaban J connectivity index is 1.51. The summed E-state index contributed by atoms with van der Waals surface area (Å²) in [6.07, 6.45) is 3.32. The topological polar surface area (TPSA) is 47.6 Å². The van der Waals surface area contributed by atoms with Gasteiger partial charge in [0, 0.05) is 23.4 Å². The van der Waals surface area contributed by atoms with Crippen molar-refractivity contribution in [2.75, 3.05) is 20.8 Å². The van der Waals surface area contributed by atoms with Gasteiger partial charge < -0.3 is 14.8 Å². The summed E-state index contributed by atoms with van der Waals surface area (Å²) in [6, 6.07) is 13.7. The van der Waals surface area contributed by atoms with Gasteiger partial charge in [-0.15, -0.1) is 0 Å². The lowest BCUT2D eigenvalue weighted by molar-refractivity contribution is -0.121. The lowest BCUT2D eigenvalue weighted by atomic mass is 9.96. The number of rotatable bonds is 8. The van der Waals surface area contributed by atoms with Gasteiger partial charge in [-0.2, -0.15) is 0 Å². The molecule has 1 amide bonds. The summed E-state index contributed by atoms with van der Waals surface area (Å²) in [5.41, 5.74) is 2.39. The molecule has 1 aliphatic carbocycles. The number of ether oxygens (including phenoxy) is 2. The molecule has 2 aromatic rings. The van der Waals surface area contributed by atoms with Crippen LogP contribution in [0.15, 0.2) is 42.5 Å². The molecule has 0 heterocycles. The van der Waals surface area contributed by atoms with Gasteiger partial charge in [-0.3, -0.25) is 4.79 Å². The Morgan fingerprint density at radius 2 is 1.77 bits per heavy atom. The summed E-state index contributed by atoms with van der Waals surface area (Å²) in [5.74, 6) is 1.45. The minimum absolute atomic E-state index is 0.0695. The molecule has 138 valence electrons. The second kappa shape index (κ2) is 8.00. The number of nitrogens with one attached hydrogen (secondary N) is 1. The molecule has 0 aliphatic heterocycles. The van der Waals surface area contributed by atoms with E-state index in [-0.39, 0.29) is 11.3 Å². The number of hydrogen-bond donors (Lipinski definition) is 1. The van der Waals surface area contributed by atoms with E-state index >= 15 is 0 Å². The summed E-state index contributed by atoms with van der Waals surface area (Å²) < 4.78 is 10.5. The molecule has 0 bridgehead atoms. The van der Waals surface area contributed by atoms with Crippen LogP contribution in [-0.2, 0) is 16.6 Å². The first-order chi connectivity index (χ1) is 12.6. The van der Waals surface area contributed by atoms with E-state index in [9.17, 15) is 4.79 Å². The van der Waals surface area contributed by atoms with Gasteiger partial charge in [-0.25, -0.2) is 0 Å². The molecule has 0 radical (unpaired) electrons. The average Bonchev–Trinajstić information content (AvgIpc) is 3.46. The average molecular weight is 374 g/mol. The van der Waals surface area contributed by atoms with Gasteiger partial charge in [-0.05, 0) is 54.7 Å². The molecule has 0 unspecified atom stereocenters. The smallest absolute Gasteiger partial charge is 0.220 e. The molecule has 1 aliphatic rings. The zero-order valence-corrected chi connectivity index (χ0v) is 15.9. The number of carbonyl (C=O) groups is 1. The largest absolute Gasteiger partial charge is 0.493 e. The van der Waals surface area contributed by atoms with E-state index in [1.54, 1.807) is 14.2 Å². The van der Waals surface area contributed by atoms with Crippen LogP contribution in [0.5, 0.6) is 11.5 Å². The van der Waals surface area contributed by atoms with Crippen molar-refractivity contribution in [3.05, 3.63) is 58.6 Å². The van der Waals surface area contributed by atoms with Crippen LogP contribution in [0.25, 0.3) is 0 Å². The van der Waals surface area contributed by atoms with Gasteiger partial charge >= 0.3 is 0 Å². The standard InChI is InChI=1S/C21H24ClNO3/c1-25-18-9-3-15(13-19(18)26-2)4-10-20(24)23-14-21(11-12-21)16-5-7-17(22)8-6-16/h3,5-9,13H,4,10-12,14H2,1-2H3,(H,23,24). The van der Waals surface area contributed by atoms with E-state index in [2.05, 4.69) is 17.4 Å². The second-order valence-corrected chi connectivity index (χ2v) is 7.19. The number of carbonyl (C=O) groups excluding carboxylic acids is 1. The van der Waals surface area contributed by atoms with Crippen molar-refractivity contribution in [2.45, 2.75) is 31.1 Å². The molecule has 3 rings (SSSR count). The SMILES string of the molecule is COc1ccc(CCC(=O)NCC2(c3ccc(Cl)cc3)CC2)cc1OC. The monoisotopic (exact) mass is 373 g/mol. The van der Waals surface area contributed by atoms with Crippen LogP contribution in [0, 0.1) is 0 Å². The van der Waals surface area contributed by atoms with E-state index in [0.29, 0.717) is 30.9 Å². The van der Waals surface area contributed by atoms with Crippen LogP contribution in [0.3, 0.4) is 0 Å². The normalized spacial score (nSPS) is 14.6. The second-order valence-electron chi connectivity index (χ2n) is 6.75. The summed E-state index contributed by atoms with van der Waals surface area (Å²) >= 11 is 5.96. The number of benzene rings is 2. The van der Waals surface area contributed by atoms with Crippen molar-refractivity contribution in [1.29, 1.82) is 0 Å². The van der Waals surface area contributed by atoms with E-state index in [1.165, 1.54) is 5.56 Å². The number of hydrogen-bond acceptors (Lipinski definition) is 3. The molecule has 4 nitrogen and oxygen atoms in total. The third kappa shape index (κ3) is 4.31. The molecule has 0 atom stereocenters. The van der Waals surface area contributed by atoms with Crippen LogP contribution >= 0.6 is 11.6 Å². The summed E-state index contributed by atoms with van der Waals surface area (Å²) in [7, 11) is 3.22. The Labute approximate surface area is 159 Å². The fraction of sp³-hybridized carbons (Fsp3) is 0.381. The number of methoxy groups -OCH3 is 2. The van der Waals surface area contributed by atoms with Crippen LogP contribution in [-0.4, -0.2) is 26.7 Å². The third-order valence-corrected chi connectivity index (χ3v) is 5.27. The molecule has 1 N–H and O–H groups in total. The maximum Gasteiger partial charge on any atom is 0.220 e. The molecule has 1 saturated carbocycles. The fourth-order valence-electron chi connectivity index (χ4n) is 3.17. The van der Waals surface area contributed by atoms with Gasteiger partial charge in [0.15, 0.2) is 11.5 Å². The summed E-state index contributed by atoms with van der Waals surface area (Å²) in [6.45, 7) is 0.680. The van der Waals surface area contributed by atoms with Crippen molar-refractivity contribution in [3.63, 3.8) is 0 Å². The maximum absolute atomic E-state index is 12.3. The first-order valence-electron chi connectivity index (χ1n) is 8.80. The van der Waals surface area contributed by atoms with E-state index < -0.39 is 0 Å². The van der Waals surface area contributed by atoms with Crippen LogP contribution in [0.2, 0.25) is 5.02 Å². The zero-order valence-electron chi connectivity index (χ0n) is 15.2. The minimum Gasteiger partial charge on any atom is -0.493 e. The minimum atomic E-state index is 0.0695. The Morgan fingerprint density at radius 3 is 2.38 bits per heavy atom. The highest BCUT2D eigenvalue weighted by molar-refractivity contribution is 6.30. The van der Waals surface area contributed by atoms with Gasteiger partial charge in [0.1, 0.15) is 0 Å². The lowest BCUT2D eigenvalue weighted by Crippen LogP contribution is -2.32. The fourth-order valence-corrected chi connectivity index (χ4v) is 3.30. The third-order valence-electron chi connectivity index (χ3n) is 5.02. The quantitative estimate of drug-likeness (QED) is 0.756. The molecule has 2 aromatic carbocycles. The van der Waals surface area contributed by atoms with E-state index in [1.807, 2.05) is 30.3 Å². The van der Waals surface area contributed by atoms with Crippen molar-refractivity contribution in [3.8, 4) is 11.5 Å². The Kier molecular flexibility index (Phi) is 5.72. The highest BCUT2D eigenvalue weighted by Crippen LogP contribution is 2.47. The molecular formula is C21H24ClNO3. The Bertz CT molecular complexity index is 769. The molecule has 0 saturated heterocycles. The van der Waals surface area contributed by atoms with Crippen LogP contribution in [0.4, 0.5) is 0 Å². The first kappa shape index (κ1) is 18.6. The molecule has 5 heteroatoms.